The van der Waals surface area contributed by atoms with Gasteiger partial charge in [-0.15, -0.1) is 0 Å². The molecule has 0 bridgehead atoms. The van der Waals surface area contributed by atoms with Crippen molar-refractivity contribution in [3.63, 3.8) is 0 Å². The molecule has 0 unspecified atom stereocenters. The van der Waals surface area contributed by atoms with Gasteiger partial charge in [-0.2, -0.15) is 0 Å². The summed E-state index contributed by atoms with van der Waals surface area (Å²) in [6.07, 6.45) is 4.81. The summed E-state index contributed by atoms with van der Waals surface area (Å²) < 4.78 is 31.3. The molecular formula is C26H23F2N5O3. The Morgan fingerprint density at radius 2 is 1.94 bits per heavy atom. The fourth-order valence-electron chi connectivity index (χ4n) is 4.93. The van der Waals surface area contributed by atoms with Crippen LogP contribution in [-0.4, -0.2) is 46.8 Å². The van der Waals surface area contributed by atoms with Gasteiger partial charge < -0.3 is 19.9 Å². The van der Waals surface area contributed by atoms with Crippen molar-refractivity contribution in [1.82, 2.24) is 14.5 Å². The normalized spacial score (nSPS) is 11.9. The highest BCUT2D eigenvalue weighted by Gasteiger charge is 2.32. The van der Waals surface area contributed by atoms with Crippen molar-refractivity contribution < 1.29 is 18.7 Å². The molecule has 1 aliphatic carbocycles. The summed E-state index contributed by atoms with van der Waals surface area (Å²) in [4.78, 5) is 35.5. The molecule has 8 nitrogen and oxygen atoms in total. The van der Waals surface area contributed by atoms with Gasteiger partial charge in [0.2, 0.25) is 5.43 Å². The molecule has 184 valence electrons. The van der Waals surface area contributed by atoms with Crippen molar-refractivity contribution in [2.75, 3.05) is 31.4 Å². The van der Waals surface area contributed by atoms with E-state index in [9.17, 15) is 19.1 Å². The largest absolute Gasteiger partial charge is 0.477 e. The lowest BCUT2D eigenvalue weighted by Gasteiger charge is -2.22. The number of carboxylic acid groups (broad SMARTS) is 1. The summed E-state index contributed by atoms with van der Waals surface area (Å²) in [6.45, 7) is 2.24. The van der Waals surface area contributed by atoms with Gasteiger partial charge in [-0.05, 0) is 18.6 Å². The first-order valence-corrected chi connectivity index (χ1v) is 11.3. The Morgan fingerprint density at radius 3 is 2.58 bits per heavy atom. The zero-order valence-corrected chi connectivity index (χ0v) is 20.1. The number of aromatic nitrogens is 3. The monoisotopic (exact) mass is 491 g/mol. The number of pyridine rings is 3. The van der Waals surface area contributed by atoms with E-state index < -0.39 is 23.0 Å². The molecule has 0 radical (unpaired) electrons. The third-order valence-electron chi connectivity index (χ3n) is 6.56. The molecule has 2 N–H and O–H groups in total. The highest BCUT2D eigenvalue weighted by Crippen LogP contribution is 2.49. The number of carboxylic acids is 1. The predicted molar refractivity (Wildman–Crippen MR) is 134 cm³/mol. The molecule has 0 atom stereocenters. The number of hydrogen-bond donors (Lipinski definition) is 2. The second-order valence-corrected chi connectivity index (χ2v) is 8.80. The fourth-order valence-corrected chi connectivity index (χ4v) is 4.93. The van der Waals surface area contributed by atoms with Crippen molar-refractivity contribution >= 4 is 28.4 Å². The molecule has 36 heavy (non-hydrogen) atoms. The Hall–Kier alpha value is -4.34. The maximum absolute atomic E-state index is 15.2. The molecule has 0 saturated heterocycles. The van der Waals surface area contributed by atoms with Gasteiger partial charge in [0.1, 0.15) is 11.2 Å². The van der Waals surface area contributed by atoms with E-state index >= 15 is 4.39 Å². The first-order chi connectivity index (χ1) is 17.2. The SMILES string of the molecule is CCn1cc(C(=O)O)c(=O)c2cc(-c3cnc4c(c3N(C)C)-c3c(F)c(F)cc(NC)c3C4)cnc21. The van der Waals surface area contributed by atoms with E-state index in [0.717, 1.165) is 6.07 Å². The summed E-state index contributed by atoms with van der Waals surface area (Å²) in [5.74, 6) is -3.23. The fraction of sp³-hybridized carbons (Fsp3) is 0.231. The summed E-state index contributed by atoms with van der Waals surface area (Å²) in [6, 6.07) is 2.72. The highest BCUT2D eigenvalue weighted by atomic mass is 19.2. The highest BCUT2D eigenvalue weighted by molar-refractivity contribution is 5.98. The Balaban J connectivity index is 1.82. The molecule has 10 heteroatoms. The maximum atomic E-state index is 15.2. The quantitative estimate of drug-likeness (QED) is 0.381. The number of aryl methyl sites for hydroxylation is 1. The minimum atomic E-state index is -1.32. The molecule has 3 heterocycles. The number of halogens is 2. The van der Waals surface area contributed by atoms with Crippen LogP contribution in [0.15, 0.2) is 35.5 Å². The minimum absolute atomic E-state index is 0.148. The van der Waals surface area contributed by atoms with Gasteiger partial charge in [-0.3, -0.25) is 9.78 Å². The third kappa shape index (κ3) is 3.32. The van der Waals surface area contributed by atoms with E-state index in [1.54, 1.807) is 49.1 Å². The van der Waals surface area contributed by atoms with E-state index in [2.05, 4.69) is 15.3 Å². The maximum Gasteiger partial charge on any atom is 0.341 e. The molecule has 4 aromatic rings. The summed E-state index contributed by atoms with van der Waals surface area (Å²) in [5, 5.41) is 12.6. The molecule has 3 aromatic heterocycles. The molecule has 0 spiro atoms. The van der Waals surface area contributed by atoms with Crippen molar-refractivity contribution in [2.45, 2.75) is 19.9 Å². The standard InChI is InChI=1S/C26H23F2N5O3/c1-5-33-11-16(26(35)36)24(34)14-6-12(9-31-25(14)33)15-10-30-19-7-13-18(29-2)8-17(27)22(28)20(13)21(19)23(15)32(3)4/h6,8-11,29H,5,7H2,1-4H3,(H,35,36). The van der Waals surface area contributed by atoms with E-state index in [0.29, 0.717) is 57.9 Å². The minimum Gasteiger partial charge on any atom is -0.477 e. The van der Waals surface area contributed by atoms with Crippen molar-refractivity contribution in [1.29, 1.82) is 0 Å². The van der Waals surface area contributed by atoms with Gasteiger partial charge in [0, 0.05) is 86.7 Å². The van der Waals surface area contributed by atoms with Crippen LogP contribution in [0.4, 0.5) is 20.2 Å². The summed E-state index contributed by atoms with van der Waals surface area (Å²) >= 11 is 0. The Bertz CT molecular complexity index is 1650. The summed E-state index contributed by atoms with van der Waals surface area (Å²) in [7, 11) is 5.22. The smallest absolute Gasteiger partial charge is 0.341 e. The molecular weight excluding hydrogens is 468 g/mol. The van der Waals surface area contributed by atoms with Gasteiger partial charge in [0.25, 0.3) is 0 Å². The lowest BCUT2D eigenvalue weighted by molar-refractivity contribution is 0.0695. The van der Waals surface area contributed by atoms with Crippen molar-refractivity contribution in [2.24, 2.45) is 0 Å². The van der Waals surface area contributed by atoms with E-state index in [1.807, 2.05) is 6.92 Å². The van der Waals surface area contributed by atoms with Crippen LogP contribution in [0.25, 0.3) is 33.3 Å². The van der Waals surface area contributed by atoms with Crippen LogP contribution >= 0.6 is 0 Å². The molecule has 0 fully saturated rings. The van der Waals surface area contributed by atoms with Crippen LogP contribution < -0.4 is 15.6 Å². The van der Waals surface area contributed by atoms with Gasteiger partial charge in [0.15, 0.2) is 11.6 Å². The van der Waals surface area contributed by atoms with E-state index in [1.165, 1.54) is 6.20 Å². The van der Waals surface area contributed by atoms with Gasteiger partial charge in [-0.25, -0.2) is 18.6 Å². The Kier molecular flexibility index (Phi) is 5.46. The number of aromatic carboxylic acids is 1. The number of fused-ring (bicyclic) bond motifs is 4. The van der Waals surface area contributed by atoms with Crippen LogP contribution in [0.2, 0.25) is 0 Å². The molecule has 0 aliphatic heterocycles. The van der Waals surface area contributed by atoms with Crippen LogP contribution in [-0.2, 0) is 13.0 Å². The number of anilines is 2. The lowest BCUT2D eigenvalue weighted by Crippen LogP contribution is -2.19. The number of nitrogens with zero attached hydrogens (tertiary/aromatic N) is 4. The molecule has 1 aromatic carbocycles. The third-order valence-corrected chi connectivity index (χ3v) is 6.56. The van der Waals surface area contributed by atoms with Crippen LogP contribution in [0.1, 0.15) is 28.5 Å². The molecule has 5 rings (SSSR count). The molecule has 0 amide bonds. The Labute approximate surface area is 204 Å². The van der Waals surface area contributed by atoms with Crippen LogP contribution in [0.3, 0.4) is 0 Å². The topological polar surface area (TPSA) is 100 Å². The zero-order chi connectivity index (χ0) is 25.9. The van der Waals surface area contributed by atoms with Crippen molar-refractivity contribution in [3.8, 4) is 22.3 Å². The first-order valence-electron chi connectivity index (χ1n) is 11.3. The Morgan fingerprint density at radius 1 is 1.19 bits per heavy atom. The number of carbonyl (C=O) groups is 1. The predicted octanol–water partition coefficient (Wildman–Crippen LogP) is 4.13. The van der Waals surface area contributed by atoms with Gasteiger partial charge in [0.05, 0.1) is 16.8 Å². The number of hydrogen-bond acceptors (Lipinski definition) is 6. The van der Waals surface area contributed by atoms with Gasteiger partial charge >= 0.3 is 5.97 Å². The number of rotatable bonds is 5. The summed E-state index contributed by atoms with van der Waals surface area (Å²) in [5.41, 5.74) is 3.35. The van der Waals surface area contributed by atoms with Crippen LogP contribution in [0, 0.1) is 11.6 Å². The average Bonchev–Trinajstić information content (AvgIpc) is 3.25. The second kappa shape index (κ2) is 8.40. The number of benzene rings is 1. The van der Waals surface area contributed by atoms with Crippen LogP contribution in [0.5, 0.6) is 0 Å². The number of nitrogens with one attached hydrogen (secondary N) is 1. The van der Waals surface area contributed by atoms with E-state index in [4.69, 9.17) is 0 Å². The lowest BCUT2D eigenvalue weighted by atomic mass is 9.97. The zero-order valence-electron chi connectivity index (χ0n) is 20.1. The average molecular weight is 491 g/mol. The van der Waals surface area contributed by atoms with Gasteiger partial charge in [-0.1, -0.05) is 0 Å². The van der Waals surface area contributed by atoms with Crippen molar-refractivity contribution in [3.05, 3.63) is 69.4 Å². The first kappa shape index (κ1) is 23.4. The van der Waals surface area contributed by atoms with E-state index in [-0.39, 0.29) is 16.5 Å². The molecule has 1 aliphatic rings. The second-order valence-electron chi connectivity index (χ2n) is 8.80. The molecule has 0 saturated carbocycles.